The summed E-state index contributed by atoms with van der Waals surface area (Å²) in [7, 11) is 0. The van der Waals surface area contributed by atoms with Gasteiger partial charge in [0.1, 0.15) is 11.6 Å². The Morgan fingerprint density at radius 2 is 1.59 bits per heavy atom. The maximum Gasteiger partial charge on any atom is 0.131 e. The third-order valence-corrected chi connectivity index (χ3v) is 3.51. The summed E-state index contributed by atoms with van der Waals surface area (Å²) >= 11 is 0. The van der Waals surface area contributed by atoms with Gasteiger partial charge in [-0.15, -0.1) is 0 Å². The highest BCUT2D eigenvalue weighted by molar-refractivity contribution is 5.23. The Morgan fingerprint density at radius 1 is 0.955 bits per heavy atom. The van der Waals surface area contributed by atoms with Gasteiger partial charge in [0.25, 0.3) is 0 Å². The Bertz CT molecular complexity index is 572. The molecule has 3 nitrogen and oxygen atoms in total. The third-order valence-electron chi connectivity index (χ3n) is 3.51. The number of hydrogen-bond donors (Lipinski definition) is 3. The van der Waals surface area contributed by atoms with E-state index in [0.29, 0.717) is 6.42 Å². The number of aliphatic hydroxyl groups is 2. The highest BCUT2D eigenvalue weighted by Gasteiger charge is 2.19. The number of hydrogen-bond acceptors (Lipinski definition) is 3. The normalized spacial score (nSPS) is 13.8. The highest BCUT2D eigenvalue weighted by Crippen LogP contribution is 2.22. The van der Waals surface area contributed by atoms with Gasteiger partial charge in [-0.1, -0.05) is 36.4 Å². The minimum atomic E-state index is -1.30. The summed E-state index contributed by atoms with van der Waals surface area (Å²) in [6.07, 6.45) is -0.859. The molecule has 0 aliphatic rings. The second kappa shape index (κ2) is 7.98. The lowest BCUT2D eigenvalue weighted by atomic mass is 10.0. The van der Waals surface area contributed by atoms with E-state index >= 15 is 0 Å². The maximum atomic E-state index is 13.6. The fraction of sp³-hybridized carbons (Fsp3) is 0.294. The minimum absolute atomic E-state index is 0.0165. The third kappa shape index (κ3) is 4.10. The van der Waals surface area contributed by atoms with E-state index in [0.717, 1.165) is 17.7 Å². The molecule has 2 aromatic rings. The van der Waals surface area contributed by atoms with Crippen molar-refractivity contribution in [2.45, 2.75) is 18.6 Å². The van der Waals surface area contributed by atoms with Crippen LogP contribution in [-0.2, 0) is 0 Å². The van der Waals surface area contributed by atoms with Crippen molar-refractivity contribution in [1.82, 2.24) is 5.32 Å². The summed E-state index contributed by atoms with van der Waals surface area (Å²) in [6.45, 7) is -0.0475. The first kappa shape index (κ1) is 16.5. The number of benzene rings is 2. The minimum Gasteiger partial charge on any atom is -0.396 e. The van der Waals surface area contributed by atoms with Crippen molar-refractivity contribution < 1.29 is 19.0 Å². The first-order valence-electron chi connectivity index (χ1n) is 7.14. The quantitative estimate of drug-likeness (QED) is 0.737. The van der Waals surface area contributed by atoms with Gasteiger partial charge in [-0.2, -0.15) is 0 Å². The van der Waals surface area contributed by atoms with Crippen LogP contribution in [0.5, 0.6) is 0 Å². The predicted octanol–water partition coefficient (Wildman–Crippen LogP) is 2.71. The molecule has 0 aromatic heterocycles. The molecule has 118 valence electrons. The number of rotatable bonds is 7. The van der Waals surface area contributed by atoms with Gasteiger partial charge >= 0.3 is 0 Å². The summed E-state index contributed by atoms with van der Waals surface area (Å²) < 4.78 is 27.3. The van der Waals surface area contributed by atoms with E-state index in [1.807, 2.05) is 30.3 Å². The zero-order valence-corrected chi connectivity index (χ0v) is 12.0. The second-order valence-electron chi connectivity index (χ2n) is 5.03. The van der Waals surface area contributed by atoms with Gasteiger partial charge in [0.05, 0.1) is 11.7 Å². The van der Waals surface area contributed by atoms with Crippen molar-refractivity contribution >= 4 is 0 Å². The SMILES string of the molecule is OCCC(NCC(O)c1c(F)cccc1F)c1ccccc1. The van der Waals surface area contributed by atoms with E-state index in [-0.39, 0.29) is 24.8 Å². The van der Waals surface area contributed by atoms with Crippen molar-refractivity contribution in [3.8, 4) is 0 Å². The van der Waals surface area contributed by atoms with Crippen LogP contribution in [0.25, 0.3) is 0 Å². The Balaban J connectivity index is 2.06. The Labute approximate surface area is 128 Å². The van der Waals surface area contributed by atoms with Crippen LogP contribution >= 0.6 is 0 Å². The largest absolute Gasteiger partial charge is 0.396 e. The van der Waals surface area contributed by atoms with Gasteiger partial charge in [0, 0.05) is 19.2 Å². The number of nitrogens with one attached hydrogen (secondary N) is 1. The van der Waals surface area contributed by atoms with Crippen LogP contribution in [0.15, 0.2) is 48.5 Å². The first-order valence-corrected chi connectivity index (χ1v) is 7.14. The lowest BCUT2D eigenvalue weighted by Gasteiger charge is -2.21. The van der Waals surface area contributed by atoms with Crippen LogP contribution in [0, 0.1) is 11.6 Å². The van der Waals surface area contributed by atoms with Crippen LogP contribution in [0.1, 0.15) is 29.7 Å². The van der Waals surface area contributed by atoms with Crippen LogP contribution in [0.3, 0.4) is 0 Å². The Kier molecular flexibility index (Phi) is 6.00. The molecule has 2 atom stereocenters. The molecular weight excluding hydrogens is 288 g/mol. The molecule has 0 fully saturated rings. The van der Waals surface area contributed by atoms with Crippen LogP contribution in [0.4, 0.5) is 8.78 Å². The molecule has 0 saturated heterocycles. The Morgan fingerprint density at radius 3 is 2.18 bits per heavy atom. The highest BCUT2D eigenvalue weighted by atomic mass is 19.1. The standard InChI is InChI=1S/C17H19F2NO2/c18-13-7-4-8-14(19)17(13)16(22)11-20-15(9-10-21)12-5-2-1-3-6-12/h1-8,15-16,20-22H,9-11H2. The molecule has 0 heterocycles. The number of aliphatic hydroxyl groups excluding tert-OH is 2. The molecule has 3 N–H and O–H groups in total. The van der Waals surface area contributed by atoms with Gasteiger partial charge in [-0.25, -0.2) is 8.78 Å². The van der Waals surface area contributed by atoms with Crippen molar-refractivity contribution in [2.24, 2.45) is 0 Å². The zero-order chi connectivity index (χ0) is 15.9. The van der Waals surface area contributed by atoms with E-state index in [2.05, 4.69) is 5.32 Å². The van der Waals surface area contributed by atoms with Crippen molar-refractivity contribution in [2.75, 3.05) is 13.2 Å². The molecule has 0 amide bonds. The molecule has 22 heavy (non-hydrogen) atoms. The summed E-state index contributed by atoms with van der Waals surface area (Å²) in [6, 6.07) is 12.7. The predicted molar refractivity (Wildman–Crippen MR) is 80.2 cm³/mol. The van der Waals surface area contributed by atoms with Gasteiger partial charge in [-0.05, 0) is 24.1 Å². The molecule has 0 bridgehead atoms. The van der Waals surface area contributed by atoms with Gasteiger partial charge in [0.2, 0.25) is 0 Å². The topological polar surface area (TPSA) is 52.5 Å². The molecule has 2 aromatic carbocycles. The summed E-state index contributed by atoms with van der Waals surface area (Å²) in [4.78, 5) is 0. The van der Waals surface area contributed by atoms with E-state index < -0.39 is 17.7 Å². The molecule has 0 aliphatic heterocycles. The average molecular weight is 307 g/mol. The van der Waals surface area contributed by atoms with Crippen LogP contribution < -0.4 is 5.32 Å². The van der Waals surface area contributed by atoms with E-state index in [4.69, 9.17) is 5.11 Å². The van der Waals surface area contributed by atoms with E-state index in [9.17, 15) is 13.9 Å². The second-order valence-corrected chi connectivity index (χ2v) is 5.03. The molecule has 5 heteroatoms. The van der Waals surface area contributed by atoms with Crippen LogP contribution in [0.2, 0.25) is 0 Å². The molecule has 2 rings (SSSR count). The first-order chi connectivity index (χ1) is 10.6. The molecule has 0 spiro atoms. The fourth-order valence-electron chi connectivity index (χ4n) is 2.39. The lowest BCUT2D eigenvalue weighted by molar-refractivity contribution is 0.156. The molecular formula is C17H19F2NO2. The molecule has 2 unspecified atom stereocenters. The van der Waals surface area contributed by atoms with Crippen molar-refractivity contribution in [1.29, 1.82) is 0 Å². The van der Waals surface area contributed by atoms with E-state index in [1.165, 1.54) is 6.07 Å². The van der Waals surface area contributed by atoms with Gasteiger partial charge < -0.3 is 15.5 Å². The van der Waals surface area contributed by atoms with Crippen molar-refractivity contribution in [3.05, 3.63) is 71.3 Å². The summed E-state index contributed by atoms with van der Waals surface area (Å²) in [5.41, 5.74) is 0.601. The smallest absolute Gasteiger partial charge is 0.131 e. The van der Waals surface area contributed by atoms with Gasteiger partial charge in [0.15, 0.2) is 0 Å². The fourth-order valence-corrected chi connectivity index (χ4v) is 2.39. The summed E-state index contributed by atoms with van der Waals surface area (Å²) in [5.74, 6) is -1.54. The summed E-state index contributed by atoms with van der Waals surface area (Å²) in [5, 5.41) is 22.2. The lowest BCUT2D eigenvalue weighted by Crippen LogP contribution is -2.28. The van der Waals surface area contributed by atoms with Gasteiger partial charge in [-0.3, -0.25) is 0 Å². The maximum absolute atomic E-state index is 13.6. The molecule has 0 saturated carbocycles. The van der Waals surface area contributed by atoms with Crippen LogP contribution in [-0.4, -0.2) is 23.4 Å². The van der Waals surface area contributed by atoms with Crippen molar-refractivity contribution in [3.63, 3.8) is 0 Å². The average Bonchev–Trinajstić information content (AvgIpc) is 2.52. The van der Waals surface area contributed by atoms with E-state index in [1.54, 1.807) is 0 Å². The number of halogens is 2. The molecule has 0 radical (unpaired) electrons. The Hall–Kier alpha value is -1.82. The molecule has 0 aliphatic carbocycles. The zero-order valence-electron chi connectivity index (χ0n) is 12.0. The monoisotopic (exact) mass is 307 g/mol.